The minimum Gasteiger partial charge on any atom is -0.317 e. The van der Waals surface area contributed by atoms with E-state index in [2.05, 4.69) is 17.0 Å². The zero-order chi connectivity index (χ0) is 14.7. The molecule has 0 aliphatic rings. The molecule has 1 unspecified atom stereocenters. The third-order valence-electron chi connectivity index (χ3n) is 2.77. The zero-order valence-corrected chi connectivity index (χ0v) is 14.2. The molecule has 0 heterocycles. The normalized spacial score (nSPS) is 13.9. The molecule has 0 fully saturated rings. The Labute approximate surface area is 123 Å². The van der Waals surface area contributed by atoms with Gasteiger partial charge in [-0.2, -0.15) is 29.2 Å². The fraction of sp³-hybridized carbons (Fsp3) is 1.00. The molecule has 0 saturated heterocycles. The standard InChI is InChI=1S/C12H29N3O2S2/c1-5-8-13-9-6-10-15(3)19(16,17)14-12(2)7-11-18-4/h12-14H,5-11H2,1-4H3. The van der Waals surface area contributed by atoms with Gasteiger partial charge >= 0.3 is 0 Å². The van der Waals surface area contributed by atoms with Crippen LogP contribution in [-0.2, 0) is 10.2 Å². The number of nitrogens with one attached hydrogen (secondary N) is 2. The van der Waals surface area contributed by atoms with E-state index >= 15 is 0 Å². The largest absolute Gasteiger partial charge is 0.317 e. The summed E-state index contributed by atoms with van der Waals surface area (Å²) >= 11 is 1.73. The Hall–Kier alpha value is 0.180. The van der Waals surface area contributed by atoms with Crippen LogP contribution in [0.1, 0.15) is 33.1 Å². The minimum atomic E-state index is -3.34. The topological polar surface area (TPSA) is 61.4 Å². The lowest BCUT2D eigenvalue weighted by atomic mass is 10.3. The predicted molar refractivity (Wildman–Crippen MR) is 84.9 cm³/mol. The molecule has 1 atom stereocenters. The van der Waals surface area contributed by atoms with Crippen LogP contribution in [-0.4, -0.2) is 57.5 Å². The molecule has 116 valence electrons. The van der Waals surface area contributed by atoms with Gasteiger partial charge in [-0.05, 0) is 51.3 Å². The predicted octanol–water partition coefficient (Wildman–Crippen LogP) is 1.28. The molecule has 0 aliphatic heterocycles. The fourth-order valence-corrected chi connectivity index (χ4v) is 3.31. The van der Waals surface area contributed by atoms with E-state index in [0.29, 0.717) is 6.54 Å². The maximum absolute atomic E-state index is 12.0. The van der Waals surface area contributed by atoms with Crippen molar-refractivity contribution < 1.29 is 8.42 Å². The SMILES string of the molecule is CCCNCCCN(C)S(=O)(=O)NC(C)CCSC. The lowest BCUT2D eigenvalue weighted by Gasteiger charge is -2.21. The summed E-state index contributed by atoms with van der Waals surface area (Å²) in [6.07, 6.45) is 4.81. The number of thioether (sulfide) groups is 1. The second kappa shape index (κ2) is 10.9. The van der Waals surface area contributed by atoms with Gasteiger partial charge in [0, 0.05) is 19.6 Å². The Bertz CT molecular complexity index is 310. The molecule has 19 heavy (non-hydrogen) atoms. The molecule has 0 aliphatic carbocycles. The Morgan fingerprint density at radius 1 is 1.32 bits per heavy atom. The molecule has 0 rings (SSSR count). The van der Waals surface area contributed by atoms with Gasteiger partial charge in [-0.25, -0.2) is 0 Å². The van der Waals surface area contributed by atoms with E-state index in [-0.39, 0.29) is 6.04 Å². The maximum atomic E-state index is 12.0. The van der Waals surface area contributed by atoms with Gasteiger partial charge in [-0.15, -0.1) is 0 Å². The van der Waals surface area contributed by atoms with Gasteiger partial charge in [0.1, 0.15) is 0 Å². The second-order valence-electron chi connectivity index (χ2n) is 4.73. The lowest BCUT2D eigenvalue weighted by molar-refractivity contribution is 0.436. The first-order chi connectivity index (χ1) is 8.94. The van der Waals surface area contributed by atoms with Crippen molar-refractivity contribution in [3.8, 4) is 0 Å². The van der Waals surface area contributed by atoms with Crippen molar-refractivity contribution in [3.05, 3.63) is 0 Å². The van der Waals surface area contributed by atoms with E-state index in [1.165, 1.54) is 4.31 Å². The van der Waals surface area contributed by atoms with Crippen molar-refractivity contribution in [1.29, 1.82) is 0 Å². The summed E-state index contributed by atoms with van der Waals surface area (Å²) in [7, 11) is -1.71. The molecule has 0 aromatic heterocycles. The molecule has 0 spiro atoms. The highest BCUT2D eigenvalue weighted by Gasteiger charge is 2.19. The summed E-state index contributed by atoms with van der Waals surface area (Å²) < 4.78 is 28.1. The highest BCUT2D eigenvalue weighted by molar-refractivity contribution is 7.98. The average Bonchev–Trinajstić information content (AvgIpc) is 2.35. The van der Waals surface area contributed by atoms with Crippen LogP contribution in [0.2, 0.25) is 0 Å². The smallest absolute Gasteiger partial charge is 0.279 e. The van der Waals surface area contributed by atoms with Gasteiger partial charge < -0.3 is 5.32 Å². The van der Waals surface area contributed by atoms with Gasteiger partial charge in [-0.1, -0.05) is 6.92 Å². The van der Waals surface area contributed by atoms with Crippen LogP contribution >= 0.6 is 11.8 Å². The lowest BCUT2D eigenvalue weighted by Crippen LogP contribution is -2.43. The van der Waals surface area contributed by atoms with Crippen LogP contribution in [0.3, 0.4) is 0 Å². The van der Waals surface area contributed by atoms with E-state index in [4.69, 9.17) is 0 Å². The number of nitrogens with zero attached hydrogens (tertiary/aromatic N) is 1. The Kier molecular flexibility index (Phi) is 11.0. The molecule has 5 nitrogen and oxygen atoms in total. The van der Waals surface area contributed by atoms with Gasteiger partial charge in [0.15, 0.2) is 0 Å². The first-order valence-electron chi connectivity index (χ1n) is 6.87. The minimum absolute atomic E-state index is 0.0156. The summed E-state index contributed by atoms with van der Waals surface area (Å²) in [5.74, 6) is 0.967. The Morgan fingerprint density at radius 2 is 2.00 bits per heavy atom. The summed E-state index contributed by atoms with van der Waals surface area (Å²) in [5.41, 5.74) is 0. The van der Waals surface area contributed by atoms with Crippen molar-refractivity contribution in [1.82, 2.24) is 14.3 Å². The van der Waals surface area contributed by atoms with Crippen molar-refractivity contribution in [3.63, 3.8) is 0 Å². The highest BCUT2D eigenvalue weighted by atomic mass is 32.2. The van der Waals surface area contributed by atoms with Crippen LogP contribution in [0.15, 0.2) is 0 Å². The van der Waals surface area contributed by atoms with Crippen LogP contribution in [0.25, 0.3) is 0 Å². The third-order valence-corrected chi connectivity index (χ3v) is 5.12. The van der Waals surface area contributed by atoms with Gasteiger partial charge in [0.2, 0.25) is 0 Å². The highest BCUT2D eigenvalue weighted by Crippen LogP contribution is 2.03. The molecular weight excluding hydrogens is 282 g/mol. The fourth-order valence-electron chi connectivity index (χ4n) is 1.55. The van der Waals surface area contributed by atoms with Crippen molar-refractivity contribution in [2.24, 2.45) is 0 Å². The number of hydrogen-bond acceptors (Lipinski definition) is 4. The van der Waals surface area contributed by atoms with E-state index in [1.54, 1.807) is 18.8 Å². The second-order valence-corrected chi connectivity index (χ2v) is 7.53. The van der Waals surface area contributed by atoms with E-state index in [0.717, 1.165) is 38.1 Å². The van der Waals surface area contributed by atoms with Crippen LogP contribution in [0, 0.1) is 0 Å². The molecule has 0 radical (unpaired) electrons. The Balaban J connectivity index is 3.96. The quantitative estimate of drug-likeness (QED) is 0.533. The molecule has 0 saturated carbocycles. The zero-order valence-electron chi connectivity index (χ0n) is 12.6. The monoisotopic (exact) mass is 311 g/mol. The van der Waals surface area contributed by atoms with Crippen molar-refractivity contribution in [2.45, 2.75) is 39.2 Å². The maximum Gasteiger partial charge on any atom is 0.279 e. The van der Waals surface area contributed by atoms with E-state index < -0.39 is 10.2 Å². The molecule has 0 bridgehead atoms. The summed E-state index contributed by atoms with van der Waals surface area (Å²) in [6, 6.07) is -0.0156. The summed E-state index contributed by atoms with van der Waals surface area (Å²) in [6.45, 7) is 6.41. The average molecular weight is 312 g/mol. The van der Waals surface area contributed by atoms with Crippen molar-refractivity contribution >= 4 is 22.0 Å². The van der Waals surface area contributed by atoms with Gasteiger partial charge in [0.05, 0.1) is 0 Å². The van der Waals surface area contributed by atoms with E-state index in [9.17, 15) is 8.42 Å². The molecule has 0 amide bonds. The third kappa shape index (κ3) is 9.67. The summed E-state index contributed by atoms with van der Waals surface area (Å²) in [5, 5.41) is 3.27. The van der Waals surface area contributed by atoms with Crippen molar-refractivity contribution in [2.75, 3.05) is 38.7 Å². The summed E-state index contributed by atoms with van der Waals surface area (Å²) in [4.78, 5) is 0. The number of rotatable bonds is 12. The molecule has 7 heteroatoms. The molecule has 0 aromatic rings. The van der Waals surface area contributed by atoms with Gasteiger partial charge in [-0.3, -0.25) is 0 Å². The van der Waals surface area contributed by atoms with Crippen LogP contribution in [0.5, 0.6) is 0 Å². The van der Waals surface area contributed by atoms with E-state index in [1.807, 2.05) is 13.2 Å². The van der Waals surface area contributed by atoms with Crippen LogP contribution < -0.4 is 10.0 Å². The Morgan fingerprint density at radius 3 is 2.58 bits per heavy atom. The molecular formula is C12H29N3O2S2. The van der Waals surface area contributed by atoms with Crippen LogP contribution in [0.4, 0.5) is 0 Å². The molecule has 2 N–H and O–H groups in total. The molecule has 0 aromatic carbocycles. The first-order valence-corrected chi connectivity index (χ1v) is 9.70. The van der Waals surface area contributed by atoms with Gasteiger partial charge in [0.25, 0.3) is 10.2 Å². The number of hydrogen-bond donors (Lipinski definition) is 2. The first kappa shape index (κ1) is 19.2.